The minimum absolute atomic E-state index is 0.196. The maximum absolute atomic E-state index is 12.0. The Morgan fingerprint density at radius 2 is 2.25 bits per heavy atom. The minimum Gasteiger partial charge on any atom is -0.478 e. The number of alkyl halides is 2. The highest BCUT2D eigenvalue weighted by Gasteiger charge is 2.24. The van der Waals surface area contributed by atoms with Crippen molar-refractivity contribution >= 4 is 22.5 Å². The lowest BCUT2D eigenvalue weighted by Crippen LogP contribution is -2.03. The van der Waals surface area contributed by atoms with E-state index in [1.165, 1.54) is 0 Å². The number of carboxylic acids is 1. The predicted molar refractivity (Wildman–Crippen MR) is 38.4 cm³/mol. The Hall–Kier alpha value is -1.24. The summed E-state index contributed by atoms with van der Waals surface area (Å²) in [6.45, 7) is 0. The summed E-state index contributed by atoms with van der Waals surface area (Å²) in [5.41, 5.74) is 3.77. The summed E-state index contributed by atoms with van der Waals surface area (Å²) in [7, 11) is 0. The maximum Gasteiger partial charge on any atom is 0.340 e. The van der Waals surface area contributed by atoms with Gasteiger partial charge in [-0.3, -0.25) is 0 Å². The van der Waals surface area contributed by atoms with Crippen molar-refractivity contribution in [3.8, 4) is 0 Å². The van der Waals surface area contributed by atoms with E-state index in [0.29, 0.717) is 11.5 Å². The Bertz CT molecular complexity index is 312. The third kappa shape index (κ3) is 1.35. The van der Waals surface area contributed by atoms with Gasteiger partial charge in [-0.2, -0.15) is 4.37 Å². The molecule has 0 atom stereocenters. The Balaban J connectivity index is 3.21. The molecule has 1 aromatic heterocycles. The number of carboxylic acid groups (broad SMARTS) is 1. The molecule has 1 aromatic rings. The first-order valence-electron chi connectivity index (χ1n) is 2.80. The zero-order valence-electron chi connectivity index (χ0n) is 5.62. The van der Waals surface area contributed by atoms with Gasteiger partial charge in [0.05, 0.1) is 0 Å². The highest BCUT2D eigenvalue weighted by atomic mass is 32.1. The van der Waals surface area contributed by atoms with E-state index >= 15 is 0 Å². The van der Waals surface area contributed by atoms with E-state index < -0.39 is 23.7 Å². The zero-order chi connectivity index (χ0) is 9.30. The van der Waals surface area contributed by atoms with E-state index in [9.17, 15) is 13.6 Å². The summed E-state index contributed by atoms with van der Waals surface area (Å²) in [6, 6.07) is 0. The molecule has 1 rings (SSSR count). The molecule has 1 heterocycles. The number of anilines is 1. The summed E-state index contributed by atoms with van der Waals surface area (Å²) in [6.07, 6.45) is -2.90. The molecule has 0 aliphatic heterocycles. The van der Waals surface area contributed by atoms with E-state index in [2.05, 4.69) is 4.37 Å². The maximum atomic E-state index is 12.0. The lowest BCUT2D eigenvalue weighted by atomic mass is 10.2. The molecule has 0 radical (unpaired) electrons. The second-order valence-corrected chi connectivity index (χ2v) is 2.72. The predicted octanol–water partition coefficient (Wildman–Crippen LogP) is 1.36. The van der Waals surface area contributed by atoms with Crippen LogP contribution in [0.2, 0.25) is 0 Å². The number of aromatic carboxylic acids is 1. The minimum atomic E-state index is -2.90. The quantitative estimate of drug-likeness (QED) is 0.745. The zero-order valence-corrected chi connectivity index (χ0v) is 6.44. The number of carbonyl (C=O) groups is 1. The molecule has 0 spiro atoms. The van der Waals surface area contributed by atoms with Crippen LogP contribution in [0.1, 0.15) is 22.5 Å². The van der Waals surface area contributed by atoms with Gasteiger partial charge in [-0.1, -0.05) is 0 Å². The number of nitrogens with zero attached hydrogens (tertiary/aromatic N) is 1. The average Bonchev–Trinajstić information content (AvgIpc) is 2.30. The Morgan fingerprint density at radius 3 is 2.58 bits per heavy atom. The first-order chi connectivity index (χ1) is 5.54. The van der Waals surface area contributed by atoms with Gasteiger partial charge in [0.1, 0.15) is 16.3 Å². The van der Waals surface area contributed by atoms with Gasteiger partial charge in [-0.25, -0.2) is 13.6 Å². The topological polar surface area (TPSA) is 76.2 Å². The van der Waals surface area contributed by atoms with Gasteiger partial charge in [-0.15, -0.1) is 0 Å². The lowest BCUT2D eigenvalue weighted by molar-refractivity contribution is 0.0685. The van der Waals surface area contributed by atoms with Gasteiger partial charge in [0.25, 0.3) is 6.43 Å². The van der Waals surface area contributed by atoms with Crippen LogP contribution in [0.3, 0.4) is 0 Å². The van der Waals surface area contributed by atoms with Crippen molar-refractivity contribution in [1.29, 1.82) is 0 Å². The summed E-state index contributed by atoms with van der Waals surface area (Å²) in [5, 5.41) is 8.24. The summed E-state index contributed by atoms with van der Waals surface area (Å²) >= 11 is 0.555. The SMILES string of the molecule is Nc1snc(C(F)F)c1C(=O)O. The van der Waals surface area contributed by atoms with Crippen LogP contribution in [-0.2, 0) is 0 Å². The molecule has 0 aromatic carbocycles. The summed E-state index contributed by atoms with van der Waals surface area (Å²) in [4.78, 5) is 10.4. The van der Waals surface area contributed by atoms with Crippen molar-refractivity contribution in [3.63, 3.8) is 0 Å². The van der Waals surface area contributed by atoms with Crippen LogP contribution in [-0.4, -0.2) is 15.4 Å². The average molecular weight is 194 g/mol. The number of rotatable bonds is 2. The third-order valence-electron chi connectivity index (χ3n) is 1.17. The van der Waals surface area contributed by atoms with Crippen LogP contribution in [0, 0.1) is 0 Å². The molecule has 4 nitrogen and oxygen atoms in total. The molecule has 0 unspecified atom stereocenters. The Labute approximate surface area is 69.8 Å². The fourth-order valence-electron chi connectivity index (χ4n) is 0.680. The van der Waals surface area contributed by atoms with Gasteiger partial charge in [-0.05, 0) is 11.5 Å². The molecular weight excluding hydrogens is 190 g/mol. The molecule has 12 heavy (non-hydrogen) atoms. The first-order valence-corrected chi connectivity index (χ1v) is 3.58. The van der Waals surface area contributed by atoms with Crippen molar-refractivity contribution in [3.05, 3.63) is 11.3 Å². The molecule has 3 N–H and O–H groups in total. The molecule has 7 heteroatoms. The highest BCUT2D eigenvalue weighted by molar-refractivity contribution is 7.10. The Kier molecular flexibility index (Phi) is 2.22. The number of aromatic nitrogens is 1. The number of nitrogens with two attached hydrogens (primary N) is 1. The third-order valence-corrected chi connectivity index (χ3v) is 1.85. The fourth-order valence-corrected chi connectivity index (χ4v) is 1.33. The van der Waals surface area contributed by atoms with Gasteiger partial charge in [0.15, 0.2) is 0 Å². The van der Waals surface area contributed by atoms with Crippen molar-refractivity contribution in [2.45, 2.75) is 6.43 Å². The molecule has 0 saturated heterocycles. The molecule has 66 valence electrons. The van der Waals surface area contributed by atoms with Crippen molar-refractivity contribution in [1.82, 2.24) is 4.37 Å². The molecule has 0 aliphatic carbocycles. The largest absolute Gasteiger partial charge is 0.478 e. The Morgan fingerprint density at radius 1 is 1.67 bits per heavy atom. The number of hydrogen-bond acceptors (Lipinski definition) is 4. The van der Waals surface area contributed by atoms with Gasteiger partial charge >= 0.3 is 5.97 Å². The molecule has 0 fully saturated rings. The number of nitrogen functional groups attached to an aromatic ring is 1. The number of hydrogen-bond donors (Lipinski definition) is 2. The second-order valence-electron chi connectivity index (χ2n) is 1.91. The van der Waals surface area contributed by atoms with Crippen LogP contribution in [0.5, 0.6) is 0 Å². The van der Waals surface area contributed by atoms with Gasteiger partial charge in [0, 0.05) is 0 Å². The highest BCUT2D eigenvalue weighted by Crippen LogP contribution is 2.28. The van der Waals surface area contributed by atoms with Crippen molar-refractivity contribution in [2.75, 3.05) is 5.73 Å². The van der Waals surface area contributed by atoms with Crippen LogP contribution < -0.4 is 5.73 Å². The van der Waals surface area contributed by atoms with E-state index in [1.54, 1.807) is 0 Å². The standard InChI is InChI=1S/C5H4F2N2O2S/c6-3(7)2-1(5(10)11)4(8)12-9-2/h3H,8H2,(H,10,11). The van der Waals surface area contributed by atoms with E-state index in [0.717, 1.165) is 0 Å². The molecule has 0 aliphatic rings. The molecule has 0 saturated carbocycles. The number of halogens is 2. The van der Waals surface area contributed by atoms with Gasteiger partial charge in [0.2, 0.25) is 0 Å². The van der Waals surface area contributed by atoms with Crippen LogP contribution in [0.25, 0.3) is 0 Å². The normalized spacial score (nSPS) is 10.6. The smallest absolute Gasteiger partial charge is 0.340 e. The first kappa shape index (κ1) is 8.85. The van der Waals surface area contributed by atoms with Crippen LogP contribution in [0.15, 0.2) is 0 Å². The summed E-state index contributed by atoms with van der Waals surface area (Å²) in [5.74, 6) is -1.48. The monoisotopic (exact) mass is 194 g/mol. The lowest BCUT2D eigenvalue weighted by Gasteiger charge is -1.95. The van der Waals surface area contributed by atoms with Crippen molar-refractivity contribution in [2.24, 2.45) is 0 Å². The molecule has 0 bridgehead atoms. The second kappa shape index (κ2) is 3.02. The van der Waals surface area contributed by atoms with Crippen LogP contribution in [0.4, 0.5) is 13.8 Å². The van der Waals surface area contributed by atoms with E-state index in [1.807, 2.05) is 0 Å². The molecule has 0 amide bonds. The van der Waals surface area contributed by atoms with Crippen LogP contribution >= 0.6 is 11.5 Å². The van der Waals surface area contributed by atoms with E-state index in [-0.39, 0.29) is 5.00 Å². The fraction of sp³-hybridized carbons (Fsp3) is 0.200. The van der Waals surface area contributed by atoms with E-state index in [4.69, 9.17) is 10.8 Å². The van der Waals surface area contributed by atoms with Gasteiger partial charge < -0.3 is 10.8 Å². The molecular formula is C5H4F2N2O2S. The van der Waals surface area contributed by atoms with Crippen molar-refractivity contribution < 1.29 is 18.7 Å². The summed E-state index contributed by atoms with van der Waals surface area (Å²) < 4.78 is 27.3.